The average Bonchev–Trinajstić information content (AvgIpc) is 2.75. The Kier molecular flexibility index (Phi) is 7.25. The van der Waals surface area contributed by atoms with E-state index >= 15 is 0 Å². The van der Waals surface area contributed by atoms with E-state index in [-0.39, 0.29) is 24.3 Å². The third-order valence-corrected chi connectivity index (χ3v) is 4.58. The van der Waals surface area contributed by atoms with E-state index in [1.807, 2.05) is 0 Å². The summed E-state index contributed by atoms with van der Waals surface area (Å²) < 4.78 is 54.2. The van der Waals surface area contributed by atoms with Crippen molar-refractivity contribution < 1.29 is 37.3 Å². The van der Waals surface area contributed by atoms with Crippen molar-refractivity contribution in [1.82, 2.24) is 0 Å². The number of aliphatic carboxylic acids is 1. The second-order valence-electron chi connectivity index (χ2n) is 6.94. The number of carbonyl (C=O) groups is 1. The van der Waals surface area contributed by atoms with Crippen LogP contribution < -0.4 is 14.2 Å². The van der Waals surface area contributed by atoms with Crippen LogP contribution in [0.2, 0.25) is 0 Å². The number of ether oxygens (including phenoxy) is 3. The number of carboxylic acid groups (broad SMARTS) is 1. The number of rotatable bonds is 9. The molecule has 3 aromatic carbocycles. The molecule has 8 heteroatoms. The van der Waals surface area contributed by atoms with E-state index in [1.165, 1.54) is 19.2 Å². The Hall–Kier alpha value is -3.68. The fraction of sp³-hybridized carbons (Fsp3) is 0.208. The van der Waals surface area contributed by atoms with Gasteiger partial charge in [0.05, 0.1) is 7.11 Å². The van der Waals surface area contributed by atoms with Crippen molar-refractivity contribution >= 4 is 5.97 Å². The Labute approximate surface area is 183 Å². The molecule has 0 aliphatic rings. The lowest BCUT2D eigenvalue weighted by Crippen LogP contribution is -2.18. The first-order valence-corrected chi connectivity index (χ1v) is 9.70. The van der Waals surface area contributed by atoms with E-state index in [0.29, 0.717) is 29.0 Å². The average molecular weight is 446 g/mol. The minimum atomic E-state index is -4.86. The lowest BCUT2D eigenvalue weighted by Gasteiger charge is -2.16. The molecule has 3 rings (SSSR count). The smallest absolute Gasteiger partial charge is 0.497 e. The van der Waals surface area contributed by atoms with Crippen LogP contribution in [0.3, 0.4) is 0 Å². The molecule has 32 heavy (non-hydrogen) atoms. The summed E-state index contributed by atoms with van der Waals surface area (Å²) in [6, 6.07) is 18.1. The molecule has 0 atom stereocenters. The molecule has 168 valence electrons. The Balaban J connectivity index is 1.81. The summed E-state index contributed by atoms with van der Waals surface area (Å²) in [6.45, 7) is 0.00892. The van der Waals surface area contributed by atoms with Crippen molar-refractivity contribution in [2.45, 2.75) is 25.8 Å². The van der Waals surface area contributed by atoms with Gasteiger partial charge in [0.2, 0.25) is 0 Å². The first kappa shape index (κ1) is 23.0. The van der Waals surface area contributed by atoms with Gasteiger partial charge >= 0.3 is 12.3 Å². The Morgan fingerprint density at radius 1 is 0.938 bits per heavy atom. The molecule has 0 amide bonds. The van der Waals surface area contributed by atoms with Crippen molar-refractivity contribution in [2.75, 3.05) is 7.11 Å². The Bertz CT molecular complexity index is 1080. The van der Waals surface area contributed by atoms with E-state index in [1.54, 1.807) is 54.6 Å². The van der Waals surface area contributed by atoms with Gasteiger partial charge in [0, 0.05) is 12.0 Å². The number of hydrogen-bond donors (Lipinski definition) is 1. The van der Waals surface area contributed by atoms with Gasteiger partial charge in [-0.3, -0.25) is 4.79 Å². The van der Waals surface area contributed by atoms with E-state index in [0.717, 1.165) is 5.56 Å². The second-order valence-corrected chi connectivity index (χ2v) is 6.94. The van der Waals surface area contributed by atoms with Gasteiger partial charge in [-0.15, -0.1) is 13.2 Å². The topological polar surface area (TPSA) is 65.0 Å². The van der Waals surface area contributed by atoms with Gasteiger partial charge in [0.15, 0.2) is 0 Å². The van der Waals surface area contributed by atoms with Gasteiger partial charge in [-0.1, -0.05) is 36.4 Å². The van der Waals surface area contributed by atoms with Crippen LogP contribution >= 0.6 is 0 Å². The molecule has 0 bridgehead atoms. The van der Waals surface area contributed by atoms with Crippen molar-refractivity contribution in [1.29, 1.82) is 0 Å². The summed E-state index contributed by atoms with van der Waals surface area (Å²) in [4.78, 5) is 10.7. The van der Waals surface area contributed by atoms with E-state index < -0.39 is 12.3 Å². The van der Waals surface area contributed by atoms with Crippen LogP contribution in [0.15, 0.2) is 66.7 Å². The van der Waals surface area contributed by atoms with E-state index in [2.05, 4.69) is 4.74 Å². The summed E-state index contributed by atoms with van der Waals surface area (Å²) in [6.07, 6.45) is -4.51. The van der Waals surface area contributed by atoms with Gasteiger partial charge in [0.1, 0.15) is 23.9 Å². The Morgan fingerprint density at radius 3 is 2.41 bits per heavy atom. The number of methoxy groups -OCH3 is 1. The summed E-state index contributed by atoms with van der Waals surface area (Å²) in [7, 11) is 1.48. The maximum absolute atomic E-state index is 13.0. The third-order valence-electron chi connectivity index (χ3n) is 4.58. The molecule has 0 aromatic heterocycles. The number of aryl methyl sites for hydroxylation is 1. The minimum absolute atomic E-state index is 0.00662. The molecule has 0 fully saturated rings. The van der Waals surface area contributed by atoms with Crippen LogP contribution in [0.25, 0.3) is 11.1 Å². The lowest BCUT2D eigenvalue weighted by atomic mass is 10.0. The molecule has 0 radical (unpaired) electrons. The van der Waals surface area contributed by atoms with E-state index in [9.17, 15) is 18.0 Å². The Morgan fingerprint density at radius 2 is 1.69 bits per heavy atom. The van der Waals surface area contributed by atoms with Crippen molar-refractivity contribution in [3.63, 3.8) is 0 Å². The number of alkyl halides is 3. The first-order chi connectivity index (χ1) is 15.2. The summed E-state index contributed by atoms with van der Waals surface area (Å²) >= 11 is 0. The normalized spacial score (nSPS) is 11.1. The molecule has 0 aliphatic carbocycles. The molecule has 3 aromatic rings. The zero-order chi connectivity index (χ0) is 23.1. The van der Waals surface area contributed by atoms with Gasteiger partial charge < -0.3 is 19.3 Å². The van der Waals surface area contributed by atoms with Crippen molar-refractivity contribution in [2.24, 2.45) is 0 Å². The summed E-state index contributed by atoms with van der Waals surface area (Å²) in [5, 5.41) is 8.81. The lowest BCUT2D eigenvalue weighted by molar-refractivity contribution is -0.274. The highest BCUT2D eigenvalue weighted by molar-refractivity contribution is 5.72. The zero-order valence-electron chi connectivity index (χ0n) is 17.2. The largest absolute Gasteiger partial charge is 0.573 e. The van der Waals surface area contributed by atoms with Gasteiger partial charge in [-0.05, 0) is 53.4 Å². The van der Waals surface area contributed by atoms with E-state index in [4.69, 9.17) is 14.6 Å². The second kappa shape index (κ2) is 10.1. The number of benzene rings is 3. The molecular weight excluding hydrogens is 425 g/mol. The predicted octanol–water partition coefficient (Wildman–Crippen LogP) is 5.86. The van der Waals surface area contributed by atoms with Gasteiger partial charge in [-0.25, -0.2) is 0 Å². The SMILES string of the molecule is COc1cccc(-c2ccc(COc3cccc(CCC(=O)O)c3)cc2OC(F)(F)F)c1. The van der Waals surface area contributed by atoms with Crippen LogP contribution in [-0.2, 0) is 17.8 Å². The molecule has 5 nitrogen and oxygen atoms in total. The quantitative estimate of drug-likeness (QED) is 0.446. The molecule has 0 unspecified atom stereocenters. The standard InChI is InChI=1S/C24H21F3O5/c1-30-19-6-3-5-18(14-19)21-10-8-17(13-22(21)32-24(25,26)27)15-31-20-7-2-4-16(12-20)9-11-23(28)29/h2-8,10,12-14H,9,11,15H2,1H3,(H,28,29). The molecule has 0 saturated heterocycles. The predicted molar refractivity (Wildman–Crippen MR) is 112 cm³/mol. The first-order valence-electron chi connectivity index (χ1n) is 9.70. The van der Waals surface area contributed by atoms with Crippen LogP contribution in [0, 0.1) is 0 Å². The van der Waals surface area contributed by atoms with Crippen LogP contribution in [0.1, 0.15) is 17.5 Å². The molecule has 0 heterocycles. The molecule has 0 aliphatic heterocycles. The summed E-state index contributed by atoms with van der Waals surface area (Å²) in [5.41, 5.74) is 2.05. The molecule has 0 saturated carbocycles. The highest BCUT2D eigenvalue weighted by Crippen LogP contribution is 2.36. The van der Waals surface area contributed by atoms with Crippen LogP contribution in [0.5, 0.6) is 17.2 Å². The van der Waals surface area contributed by atoms with Gasteiger partial charge in [-0.2, -0.15) is 0 Å². The minimum Gasteiger partial charge on any atom is -0.497 e. The van der Waals surface area contributed by atoms with Gasteiger partial charge in [0.25, 0.3) is 0 Å². The highest BCUT2D eigenvalue weighted by atomic mass is 19.4. The van der Waals surface area contributed by atoms with Crippen molar-refractivity contribution in [3.8, 4) is 28.4 Å². The maximum atomic E-state index is 13.0. The highest BCUT2D eigenvalue weighted by Gasteiger charge is 2.32. The molecule has 0 spiro atoms. The molecular formula is C24H21F3O5. The number of carboxylic acids is 1. The maximum Gasteiger partial charge on any atom is 0.573 e. The fourth-order valence-electron chi connectivity index (χ4n) is 3.10. The third kappa shape index (κ3) is 6.66. The zero-order valence-corrected chi connectivity index (χ0v) is 17.2. The molecule has 1 N–H and O–H groups in total. The number of hydrogen-bond acceptors (Lipinski definition) is 4. The summed E-state index contributed by atoms with van der Waals surface area (Å²) in [5.74, 6) is -0.245. The monoisotopic (exact) mass is 446 g/mol. The fourth-order valence-corrected chi connectivity index (χ4v) is 3.10. The van der Waals surface area contributed by atoms with Crippen molar-refractivity contribution in [3.05, 3.63) is 77.9 Å². The van der Waals surface area contributed by atoms with Crippen LogP contribution in [0.4, 0.5) is 13.2 Å². The number of halogens is 3. The van der Waals surface area contributed by atoms with Crippen LogP contribution in [-0.4, -0.2) is 24.5 Å².